The Morgan fingerprint density at radius 3 is 2.91 bits per heavy atom. The lowest BCUT2D eigenvalue weighted by Crippen LogP contribution is -2.56. The van der Waals surface area contributed by atoms with Crippen molar-refractivity contribution >= 4 is 5.91 Å². The summed E-state index contributed by atoms with van der Waals surface area (Å²) in [6.07, 6.45) is 6.52. The van der Waals surface area contributed by atoms with Gasteiger partial charge >= 0.3 is 0 Å². The van der Waals surface area contributed by atoms with Crippen molar-refractivity contribution < 1.29 is 9.53 Å². The van der Waals surface area contributed by atoms with Crippen LogP contribution in [0.25, 0.3) is 0 Å². The van der Waals surface area contributed by atoms with Gasteiger partial charge in [-0.3, -0.25) is 14.5 Å². The standard InChI is InChI=1S/C16H23N3O3/c20-15-6-5-12(9-17-15)10-18-16(21)14-11-22-8-7-19(14)13-3-1-2-4-13/h5-6,9,13-14H,1-4,7-8,10-11H2,(H,17,20)(H,18,21). The number of morpholine rings is 1. The number of pyridine rings is 1. The number of hydrogen-bond acceptors (Lipinski definition) is 4. The summed E-state index contributed by atoms with van der Waals surface area (Å²) in [6, 6.07) is 3.52. The first-order valence-electron chi connectivity index (χ1n) is 8.03. The summed E-state index contributed by atoms with van der Waals surface area (Å²) in [5.41, 5.74) is 0.750. The molecule has 2 fully saturated rings. The molecule has 2 heterocycles. The van der Waals surface area contributed by atoms with Gasteiger partial charge in [-0.1, -0.05) is 18.9 Å². The highest BCUT2D eigenvalue weighted by Crippen LogP contribution is 2.26. The van der Waals surface area contributed by atoms with E-state index in [1.54, 1.807) is 12.3 Å². The van der Waals surface area contributed by atoms with Crippen LogP contribution in [0.4, 0.5) is 0 Å². The van der Waals surface area contributed by atoms with Crippen molar-refractivity contribution in [3.05, 3.63) is 34.2 Å². The zero-order valence-electron chi connectivity index (χ0n) is 12.7. The maximum atomic E-state index is 12.5. The first-order valence-corrected chi connectivity index (χ1v) is 8.03. The second-order valence-corrected chi connectivity index (χ2v) is 6.05. The molecule has 0 aromatic carbocycles. The topological polar surface area (TPSA) is 74.4 Å². The molecule has 6 heteroatoms. The monoisotopic (exact) mass is 305 g/mol. The van der Waals surface area contributed by atoms with Crippen LogP contribution in [0.2, 0.25) is 0 Å². The lowest BCUT2D eigenvalue weighted by Gasteiger charge is -2.38. The van der Waals surface area contributed by atoms with Gasteiger partial charge in [-0.05, 0) is 18.4 Å². The average molecular weight is 305 g/mol. The normalized spacial score (nSPS) is 23.5. The van der Waals surface area contributed by atoms with Crippen molar-refractivity contribution in [2.24, 2.45) is 0 Å². The Kier molecular flexibility index (Phi) is 4.90. The minimum Gasteiger partial charge on any atom is -0.378 e. The van der Waals surface area contributed by atoms with Crippen molar-refractivity contribution in [3.63, 3.8) is 0 Å². The molecule has 1 atom stereocenters. The Labute approximate surface area is 129 Å². The van der Waals surface area contributed by atoms with E-state index in [9.17, 15) is 9.59 Å². The molecule has 3 rings (SSSR count). The second kappa shape index (κ2) is 7.07. The van der Waals surface area contributed by atoms with Gasteiger partial charge in [0, 0.05) is 31.4 Å². The maximum Gasteiger partial charge on any atom is 0.247 e. The Balaban J connectivity index is 1.59. The molecule has 0 bridgehead atoms. The number of hydrogen-bond donors (Lipinski definition) is 2. The fourth-order valence-corrected chi connectivity index (χ4v) is 3.38. The molecule has 120 valence electrons. The first kappa shape index (κ1) is 15.2. The summed E-state index contributed by atoms with van der Waals surface area (Å²) in [6.45, 7) is 2.43. The van der Waals surface area contributed by atoms with Gasteiger partial charge in [0.1, 0.15) is 6.04 Å². The molecular formula is C16H23N3O3. The number of aromatic nitrogens is 1. The molecule has 1 amide bonds. The van der Waals surface area contributed by atoms with Crippen LogP contribution in [0.3, 0.4) is 0 Å². The van der Waals surface area contributed by atoms with Crippen LogP contribution < -0.4 is 10.9 Å². The fraction of sp³-hybridized carbons (Fsp3) is 0.625. The number of nitrogens with one attached hydrogen (secondary N) is 2. The van der Waals surface area contributed by atoms with Gasteiger partial charge in [-0.2, -0.15) is 0 Å². The molecule has 1 aliphatic carbocycles. The van der Waals surface area contributed by atoms with Crippen molar-refractivity contribution in [1.82, 2.24) is 15.2 Å². The summed E-state index contributed by atoms with van der Waals surface area (Å²) < 4.78 is 5.51. The summed E-state index contributed by atoms with van der Waals surface area (Å²) in [4.78, 5) is 28.5. The van der Waals surface area contributed by atoms with Gasteiger partial charge in [0.2, 0.25) is 11.5 Å². The number of rotatable bonds is 4. The Bertz CT molecular complexity index is 546. The number of ether oxygens (including phenoxy) is 1. The van der Waals surface area contributed by atoms with Crippen LogP contribution in [0.5, 0.6) is 0 Å². The molecule has 6 nitrogen and oxygen atoms in total. The first-order chi connectivity index (χ1) is 10.7. The Hall–Kier alpha value is -1.66. The molecule has 22 heavy (non-hydrogen) atoms. The van der Waals surface area contributed by atoms with Gasteiger partial charge in [0.15, 0.2) is 0 Å². The maximum absolute atomic E-state index is 12.5. The quantitative estimate of drug-likeness (QED) is 0.856. The van der Waals surface area contributed by atoms with Crippen LogP contribution in [0.15, 0.2) is 23.1 Å². The molecule has 1 saturated carbocycles. The lowest BCUT2D eigenvalue weighted by molar-refractivity contribution is -0.134. The molecule has 1 saturated heterocycles. The molecule has 0 radical (unpaired) electrons. The van der Waals surface area contributed by atoms with E-state index in [4.69, 9.17) is 4.74 Å². The molecule has 2 N–H and O–H groups in total. The van der Waals surface area contributed by atoms with E-state index in [-0.39, 0.29) is 17.5 Å². The third-order valence-corrected chi connectivity index (χ3v) is 4.58. The van der Waals surface area contributed by atoms with E-state index in [2.05, 4.69) is 15.2 Å². The van der Waals surface area contributed by atoms with E-state index in [1.165, 1.54) is 31.7 Å². The summed E-state index contributed by atoms with van der Waals surface area (Å²) in [5, 5.41) is 2.96. The van der Waals surface area contributed by atoms with Crippen molar-refractivity contribution in [1.29, 1.82) is 0 Å². The van der Waals surface area contributed by atoms with Crippen molar-refractivity contribution in [2.45, 2.75) is 44.3 Å². The molecule has 1 aromatic rings. The van der Waals surface area contributed by atoms with Gasteiger partial charge in [0.05, 0.1) is 13.2 Å². The summed E-state index contributed by atoms with van der Waals surface area (Å²) >= 11 is 0. The third-order valence-electron chi connectivity index (χ3n) is 4.58. The largest absolute Gasteiger partial charge is 0.378 e. The fourth-order valence-electron chi connectivity index (χ4n) is 3.38. The molecule has 2 aliphatic rings. The summed E-state index contributed by atoms with van der Waals surface area (Å²) in [7, 11) is 0. The van der Waals surface area contributed by atoms with Crippen molar-refractivity contribution in [2.75, 3.05) is 19.8 Å². The zero-order valence-corrected chi connectivity index (χ0v) is 12.7. The van der Waals surface area contributed by atoms with Crippen LogP contribution in [-0.2, 0) is 16.1 Å². The van der Waals surface area contributed by atoms with E-state index in [1.807, 2.05) is 0 Å². The molecule has 0 spiro atoms. The highest BCUT2D eigenvalue weighted by molar-refractivity contribution is 5.82. The number of H-pyrrole nitrogens is 1. The number of carbonyl (C=O) groups is 1. The molecular weight excluding hydrogens is 282 g/mol. The minimum absolute atomic E-state index is 0.0119. The predicted molar refractivity (Wildman–Crippen MR) is 82.5 cm³/mol. The highest BCUT2D eigenvalue weighted by atomic mass is 16.5. The van der Waals surface area contributed by atoms with Gasteiger partial charge in [-0.15, -0.1) is 0 Å². The third kappa shape index (κ3) is 3.56. The SMILES string of the molecule is O=C(NCc1ccc(=O)[nH]c1)C1COCCN1C1CCCC1. The minimum atomic E-state index is -0.195. The number of aromatic amines is 1. The second-order valence-electron chi connectivity index (χ2n) is 6.05. The van der Waals surface area contributed by atoms with E-state index in [0.717, 1.165) is 12.1 Å². The van der Waals surface area contributed by atoms with Crippen LogP contribution in [0.1, 0.15) is 31.2 Å². The van der Waals surface area contributed by atoms with Gasteiger partial charge in [-0.25, -0.2) is 0 Å². The number of amides is 1. The highest BCUT2D eigenvalue weighted by Gasteiger charge is 2.35. The predicted octanol–water partition coefficient (Wildman–Crippen LogP) is 0.634. The van der Waals surface area contributed by atoms with Gasteiger partial charge < -0.3 is 15.0 Å². The van der Waals surface area contributed by atoms with E-state index in [0.29, 0.717) is 25.8 Å². The van der Waals surface area contributed by atoms with Gasteiger partial charge in [0.25, 0.3) is 0 Å². The number of carbonyl (C=O) groups excluding carboxylic acids is 1. The Morgan fingerprint density at radius 1 is 1.36 bits per heavy atom. The Morgan fingerprint density at radius 2 is 2.18 bits per heavy atom. The van der Waals surface area contributed by atoms with Crippen LogP contribution >= 0.6 is 0 Å². The van der Waals surface area contributed by atoms with E-state index < -0.39 is 0 Å². The molecule has 1 unspecified atom stereocenters. The number of nitrogens with zero attached hydrogens (tertiary/aromatic N) is 1. The summed E-state index contributed by atoms with van der Waals surface area (Å²) in [5.74, 6) is 0.0119. The van der Waals surface area contributed by atoms with Crippen LogP contribution in [0, 0.1) is 0 Å². The zero-order chi connectivity index (χ0) is 15.4. The molecule has 1 aromatic heterocycles. The van der Waals surface area contributed by atoms with Crippen LogP contribution in [-0.4, -0.2) is 47.6 Å². The molecule has 1 aliphatic heterocycles. The average Bonchev–Trinajstić information content (AvgIpc) is 3.08. The van der Waals surface area contributed by atoms with Crippen molar-refractivity contribution in [3.8, 4) is 0 Å². The lowest BCUT2D eigenvalue weighted by atomic mass is 10.1. The van der Waals surface area contributed by atoms with E-state index >= 15 is 0 Å². The smallest absolute Gasteiger partial charge is 0.247 e.